The molecule has 138 valence electrons. The van der Waals surface area contributed by atoms with Crippen molar-refractivity contribution in [2.75, 3.05) is 48.7 Å². The highest BCUT2D eigenvalue weighted by Gasteiger charge is 2.19. The number of nitrogens with one attached hydrogen (secondary N) is 1. The van der Waals surface area contributed by atoms with Gasteiger partial charge in [-0.1, -0.05) is 18.2 Å². The van der Waals surface area contributed by atoms with E-state index in [4.69, 9.17) is 11.5 Å². The molecule has 0 radical (unpaired) electrons. The van der Waals surface area contributed by atoms with Crippen LogP contribution in [0.4, 0.5) is 17.1 Å². The van der Waals surface area contributed by atoms with Crippen LogP contribution in [0.3, 0.4) is 0 Å². The van der Waals surface area contributed by atoms with Crippen molar-refractivity contribution < 1.29 is 4.79 Å². The van der Waals surface area contributed by atoms with Crippen LogP contribution >= 0.6 is 0 Å². The van der Waals surface area contributed by atoms with Crippen molar-refractivity contribution >= 4 is 23.0 Å². The minimum absolute atomic E-state index is 0.179. The number of primary amides is 1. The lowest BCUT2D eigenvalue weighted by Crippen LogP contribution is -2.49. The number of benzene rings is 2. The van der Waals surface area contributed by atoms with Gasteiger partial charge in [-0.3, -0.25) is 9.69 Å². The minimum Gasteiger partial charge on any atom is -0.399 e. The third kappa shape index (κ3) is 4.46. The van der Waals surface area contributed by atoms with Crippen molar-refractivity contribution in [1.29, 1.82) is 0 Å². The number of rotatable bonds is 6. The Labute approximate surface area is 154 Å². The summed E-state index contributed by atoms with van der Waals surface area (Å²) in [7, 11) is 0. The molecule has 0 saturated carbocycles. The van der Waals surface area contributed by atoms with E-state index in [1.54, 1.807) is 18.2 Å². The van der Waals surface area contributed by atoms with E-state index in [0.29, 0.717) is 16.9 Å². The predicted octanol–water partition coefficient (Wildman–Crippen LogP) is 1.99. The van der Waals surface area contributed by atoms with Gasteiger partial charge >= 0.3 is 0 Å². The molecule has 1 saturated heterocycles. The summed E-state index contributed by atoms with van der Waals surface area (Å²) in [4.78, 5) is 16.5. The maximum atomic E-state index is 11.6. The number of hydrogen-bond donors (Lipinski definition) is 3. The number of nitrogens with zero attached hydrogens (tertiary/aromatic N) is 2. The van der Waals surface area contributed by atoms with Gasteiger partial charge in [-0.15, -0.1) is 0 Å². The van der Waals surface area contributed by atoms with Crippen LogP contribution in [0.5, 0.6) is 0 Å². The van der Waals surface area contributed by atoms with E-state index in [9.17, 15) is 4.79 Å². The van der Waals surface area contributed by atoms with Crippen molar-refractivity contribution in [2.45, 2.75) is 13.0 Å². The van der Waals surface area contributed by atoms with Gasteiger partial charge in [-0.05, 0) is 37.3 Å². The Morgan fingerprint density at radius 1 is 1.12 bits per heavy atom. The van der Waals surface area contributed by atoms with Crippen molar-refractivity contribution in [2.24, 2.45) is 5.73 Å². The molecular formula is C20H27N5O. The van der Waals surface area contributed by atoms with Crippen molar-refractivity contribution in [3.8, 4) is 0 Å². The van der Waals surface area contributed by atoms with Crippen LogP contribution < -0.4 is 21.7 Å². The standard InChI is InChI=1S/C20H27N5O/c1-15(23-19-13-16(21)7-8-18(19)20(22)26)14-24-9-11-25(12-10-24)17-5-3-2-4-6-17/h2-8,13,15,23H,9-12,14,21H2,1H3,(H2,22,26). The Kier molecular flexibility index (Phi) is 5.63. The highest BCUT2D eigenvalue weighted by molar-refractivity contribution is 5.99. The molecule has 1 aliphatic heterocycles. The Morgan fingerprint density at radius 3 is 2.46 bits per heavy atom. The number of anilines is 3. The average molecular weight is 353 g/mol. The van der Waals surface area contributed by atoms with E-state index < -0.39 is 5.91 Å². The summed E-state index contributed by atoms with van der Waals surface area (Å²) in [5.74, 6) is -0.448. The van der Waals surface area contributed by atoms with Crippen LogP contribution in [-0.2, 0) is 0 Å². The van der Waals surface area contributed by atoms with Crippen LogP contribution in [0, 0.1) is 0 Å². The molecule has 1 atom stereocenters. The molecule has 0 aliphatic carbocycles. The molecule has 5 N–H and O–H groups in total. The van der Waals surface area contributed by atoms with Gasteiger partial charge in [0.25, 0.3) is 5.91 Å². The molecule has 6 heteroatoms. The Bertz CT molecular complexity index is 741. The summed E-state index contributed by atoms with van der Waals surface area (Å²) in [5.41, 5.74) is 14.4. The SMILES string of the molecule is CC(CN1CCN(c2ccccc2)CC1)Nc1cc(N)ccc1C(N)=O. The van der Waals surface area contributed by atoms with Crippen LogP contribution in [-0.4, -0.2) is 49.6 Å². The number of nitrogens with two attached hydrogens (primary N) is 2. The highest BCUT2D eigenvalue weighted by Crippen LogP contribution is 2.20. The van der Waals surface area contributed by atoms with Crippen molar-refractivity contribution in [3.63, 3.8) is 0 Å². The number of carbonyl (C=O) groups is 1. The molecule has 1 aliphatic rings. The molecule has 26 heavy (non-hydrogen) atoms. The lowest BCUT2D eigenvalue weighted by atomic mass is 10.1. The minimum atomic E-state index is -0.448. The zero-order valence-electron chi connectivity index (χ0n) is 15.2. The first kappa shape index (κ1) is 18.1. The second kappa shape index (κ2) is 8.10. The lowest BCUT2D eigenvalue weighted by Gasteiger charge is -2.37. The fourth-order valence-electron chi connectivity index (χ4n) is 3.42. The predicted molar refractivity (Wildman–Crippen MR) is 108 cm³/mol. The van der Waals surface area contributed by atoms with E-state index in [0.717, 1.165) is 32.7 Å². The largest absolute Gasteiger partial charge is 0.399 e. The maximum Gasteiger partial charge on any atom is 0.250 e. The molecule has 6 nitrogen and oxygen atoms in total. The molecule has 0 bridgehead atoms. The topological polar surface area (TPSA) is 87.6 Å². The molecular weight excluding hydrogens is 326 g/mol. The number of hydrogen-bond acceptors (Lipinski definition) is 5. The maximum absolute atomic E-state index is 11.6. The Balaban J connectivity index is 1.54. The summed E-state index contributed by atoms with van der Waals surface area (Å²) >= 11 is 0. The van der Waals surface area contributed by atoms with Crippen molar-refractivity contribution in [3.05, 3.63) is 54.1 Å². The zero-order chi connectivity index (χ0) is 18.5. The molecule has 1 unspecified atom stereocenters. The number of piperazine rings is 1. The van der Waals surface area contributed by atoms with E-state index >= 15 is 0 Å². The summed E-state index contributed by atoms with van der Waals surface area (Å²) in [6.45, 7) is 7.07. The third-order valence-corrected chi connectivity index (χ3v) is 4.74. The molecule has 0 aromatic heterocycles. The number of nitrogen functional groups attached to an aromatic ring is 1. The zero-order valence-corrected chi connectivity index (χ0v) is 15.2. The summed E-state index contributed by atoms with van der Waals surface area (Å²) < 4.78 is 0. The smallest absolute Gasteiger partial charge is 0.250 e. The van der Waals surface area contributed by atoms with E-state index in [-0.39, 0.29) is 6.04 Å². The average Bonchev–Trinajstić information content (AvgIpc) is 2.63. The first-order valence-corrected chi connectivity index (χ1v) is 9.01. The van der Waals surface area contributed by atoms with E-state index in [1.165, 1.54) is 5.69 Å². The molecule has 1 fully saturated rings. The van der Waals surface area contributed by atoms with Gasteiger partial charge in [0.15, 0.2) is 0 Å². The molecule has 1 amide bonds. The number of carbonyl (C=O) groups excluding carboxylic acids is 1. The third-order valence-electron chi connectivity index (χ3n) is 4.74. The van der Waals surface area contributed by atoms with Gasteiger partial charge < -0.3 is 21.7 Å². The van der Waals surface area contributed by atoms with Gasteiger partial charge in [0.1, 0.15) is 0 Å². The van der Waals surface area contributed by atoms with E-state index in [1.807, 2.05) is 6.07 Å². The van der Waals surface area contributed by atoms with Crippen LogP contribution in [0.25, 0.3) is 0 Å². The normalized spacial score (nSPS) is 16.3. The highest BCUT2D eigenvalue weighted by atomic mass is 16.1. The second-order valence-electron chi connectivity index (χ2n) is 6.84. The second-order valence-corrected chi connectivity index (χ2v) is 6.84. The van der Waals surface area contributed by atoms with Gasteiger partial charge in [0, 0.05) is 55.8 Å². The van der Waals surface area contributed by atoms with Crippen LogP contribution in [0.15, 0.2) is 48.5 Å². The van der Waals surface area contributed by atoms with Gasteiger partial charge in [0.05, 0.1) is 5.56 Å². The van der Waals surface area contributed by atoms with E-state index in [2.05, 4.69) is 46.3 Å². The molecule has 3 rings (SSSR count). The summed E-state index contributed by atoms with van der Waals surface area (Å²) in [6, 6.07) is 15.8. The molecule has 2 aromatic rings. The fraction of sp³-hybridized carbons (Fsp3) is 0.350. The fourth-order valence-corrected chi connectivity index (χ4v) is 3.42. The summed E-state index contributed by atoms with van der Waals surface area (Å²) in [6.07, 6.45) is 0. The Hall–Kier alpha value is -2.73. The Morgan fingerprint density at radius 2 is 1.81 bits per heavy atom. The number of amides is 1. The number of para-hydroxylation sites is 1. The van der Waals surface area contributed by atoms with Gasteiger partial charge in [0.2, 0.25) is 0 Å². The molecule has 2 aromatic carbocycles. The van der Waals surface area contributed by atoms with Crippen LogP contribution in [0.2, 0.25) is 0 Å². The first-order chi connectivity index (χ1) is 12.5. The monoisotopic (exact) mass is 353 g/mol. The molecule has 0 spiro atoms. The quantitative estimate of drug-likeness (QED) is 0.691. The first-order valence-electron chi connectivity index (χ1n) is 9.01. The van der Waals surface area contributed by atoms with Gasteiger partial charge in [-0.2, -0.15) is 0 Å². The van der Waals surface area contributed by atoms with Crippen molar-refractivity contribution in [1.82, 2.24) is 4.90 Å². The lowest BCUT2D eigenvalue weighted by molar-refractivity contribution is 0.100. The van der Waals surface area contributed by atoms with Crippen LogP contribution in [0.1, 0.15) is 17.3 Å². The molecule has 1 heterocycles. The van der Waals surface area contributed by atoms with Gasteiger partial charge in [-0.25, -0.2) is 0 Å². The summed E-state index contributed by atoms with van der Waals surface area (Å²) in [5, 5.41) is 3.39.